The van der Waals surface area contributed by atoms with Crippen LogP contribution in [0.3, 0.4) is 0 Å². The summed E-state index contributed by atoms with van der Waals surface area (Å²) in [5.74, 6) is -0.355. The van der Waals surface area contributed by atoms with Gasteiger partial charge in [-0.3, -0.25) is 0 Å². The third kappa shape index (κ3) is 2.87. The molecule has 0 aliphatic heterocycles. The monoisotopic (exact) mass is 230 g/mol. The van der Waals surface area contributed by atoms with E-state index in [9.17, 15) is 13.2 Å². The van der Waals surface area contributed by atoms with E-state index in [1.165, 1.54) is 12.1 Å². The molecule has 2 N–H and O–H groups in total. The number of nitriles is 1. The molecular formula is C10H9F3N2O. The molecule has 0 aliphatic carbocycles. The van der Waals surface area contributed by atoms with E-state index in [0.717, 1.165) is 6.07 Å². The summed E-state index contributed by atoms with van der Waals surface area (Å²) in [5.41, 5.74) is 4.70. The molecule has 0 aliphatic rings. The number of halogens is 3. The first-order valence-electron chi connectivity index (χ1n) is 4.39. The second-order valence-corrected chi connectivity index (χ2v) is 2.98. The first-order chi connectivity index (χ1) is 7.49. The van der Waals surface area contributed by atoms with Crippen molar-refractivity contribution in [1.82, 2.24) is 0 Å². The summed E-state index contributed by atoms with van der Waals surface area (Å²) in [7, 11) is 0. The van der Waals surface area contributed by atoms with Gasteiger partial charge in [0.15, 0.2) is 6.61 Å². The summed E-state index contributed by atoms with van der Waals surface area (Å²) >= 11 is 0. The lowest BCUT2D eigenvalue weighted by Crippen LogP contribution is -2.10. The SMILES string of the molecule is N#CCOc1ccc(CN)cc1C(F)(F)F. The maximum Gasteiger partial charge on any atom is 0.419 e. The number of nitrogens with zero attached hydrogens (tertiary/aromatic N) is 1. The van der Waals surface area contributed by atoms with Crippen LogP contribution in [0.15, 0.2) is 18.2 Å². The van der Waals surface area contributed by atoms with E-state index in [4.69, 9.17) is 15.7 Å². The Morgan fingerprint density at radius 2 is 2.06 bits per heavy atom. The first kappa shape index (κ1) is 12.3. The fraction of sp³-hybridized carbons (Fsp3) is 0.300. The van der Waals surface area contributed by atoms with E-state index >= 15 is 0 Å². The number of nitrogens with two attached hydrogens (primary N) is 1. The van der Waals surface area contributed by atoms with Crippen molar-refractivity contribution in [3.8, 4) is 11.8 Å². The summed E-state index contributed by atoms with van der Waals surface area (Å²) in [6.07, 6.45) is -4.52. The number of hydrogen-bond donors (Lipinski definition) is 1. The minimum Gasteiger partial charge on any atom is -0.478 e. The zero-order chi connectivity index (χ0) is 12.2. The van der Waals surface area contributed by atoms with Crippen molar-refractivity contribution in [2.24, 2.45) is 5.73 Å². The maximum atomic E-state index is 12.6. The molecule has 1 rings (SSSR count). The van der Waals surface area contributed by atoms with Gasteiger partial charge in [-0.25, -0.2) is 0 Å². The summed E-state index contributed by atoms with van der Waals surface area (Å²) in [6, 6.07) is 5.13. The Balaban J connectivity index is 3.12. The average molecular weight is 230 g/mol. The van der Waals surface area contributed by atoms with Crippen LogP contribution in [0.5, 0.6) is 5.75 Å². The smallest absolute Gasteiger partial charge is 0.419 e. The number of benzene rings is 1. The molecule has 0 fully saturated rings. The zero-order valence-corrected chi connectivity index (χ0v) is 8.21. The molecule has 0 spiro atoms. The summed E-state index contributed by atoms with van der Waals surface area (Å²) < 4.78 is 42.5. The van der Waals surface area contributed by atoms with Gasteiger partial charge in [-0.2, -0.15) is 18.4 Å². The molecule has 0 saturated carbocycles. The van der Waals surface area contributed by atoms with Gasteiger partial charge >= 0.3 is 6.18 Å². The normalized spacial score (nSPS) is 10.9. The largest absolute Gasteiger partial charge is 0.478 e. The van der Waals surface area contributed by atoms with Gasteiger partial charge in [-0.15, -0.1) is 0 Å². The van der Waals surface area contributed by atoms with E-state index in [2.05, 4.69) is 0 Å². The van der Waals surface area contributed by atoms with Crippen LogP contribution in [0.1, 0.15) is 11.1 Å². The Labute approximate surface area is 90.2 Å². The van der Waals surface area contributed by atoms with Gasteiger partial charge in [0.1, 0.15) is 11.8 Å². The van der Waals surface area contributed by atoms with Crippen molar-refractivity contribution in [2.45, 2.75) is 12.7 Å². The highest BCUT2D eigenvalue weighted by Crippen LogP contribution is 2.36. The van der Waals surface area contributed by atoms with Gasteiger partial charge in [0, 0.05) is 6.54 Å². The Kier molecular flexibility index (Phi) is 3.74. The Bertz CT molecular complexity index is 410. The van der Waals surface area contributed by atoms with Crippen molar-refractivity contribution in [1.29, 1.82) is 5.26 Å². The van der Waals surface area contributed by atoms with Crippen LogP contribution < -0.4 is 10.5 Å². The Morgan fingerprint density at radius 1 is 1.38 bits per heavy atom. The van der Waals surface area contributed by atoms with Crippen LogP contribution in [-0.4, -0.2) is 6.61 Å². The molecule has 0 saturated heterocycles. The molecule has 1 aromatic carbocycles. The van der Waals surface area contributed by atoms with Gasteiger partial charge in [0.25, 0.3) is 0 Å². The standard InChI is InChI=1S/C10H9F3N2O/c11-10(12,13)8-5-7(6-15)1-2-9(8)16-4-3-14/h1-2,5H,4,6,15H2. The third-order valence-corrected chi connectivity index (χ3v) is 1.88. The first-order valence-corrected chi connectivity index (χ1v) is 4.39. The molecule has 0 amide bonds. The summed E-state index contributed by atoms with van der Waals surface area (Å²) in [6.45, 7) is -0.410. The van der Waals surface area contributed by atoms with Crippen LogP contribution in [-0.2, 0) is 12.7 Å². The molecule has 0 atom stereocenters. The lowest BCUT2D eigenvalue weighted by atomic mass is 10.1. The van der Waals surface area contributed by atoms with E-state index in [0.29, 0.717) is 5.56 Å². The fourth-order valence-corrected chi connectivity index (χ4v) is 1.16. The lowest BCUT2D eigenvalue weighted by Gasteiger charge is -2.13. The minimum absolute atomic E-state index is 0.0155. The van der Waals surface area contributed by atoms with Crippen molar-refractivity contribution in [3.05, 3.63) is 29.3 Å². The van der Waals surface area contributed by atoms with E-state index in [-0.39, 0.29) is 12.3 Å². The van der Waals surface area contributed by atoms with Crippen molar-refractivity contribution in [3.63, 3.8) is 0 Å². The topological polar surface area (TPSA) is 59.0 Å². The fourth-order valence-electron chi connectivity index (χ4n) is 1.16. The van der Waals surface area contributed by atoms with Crippen molar-refractivity contribution < 1.29 is 17.9 Å². The number of alkyl halides is 3. The Hall–Kier alpha value is -1.74. The molecule has 0 unspecified atom stereocenters. The van der Waals surface area contributed by atoms with Crippen LogP contribution in [0.2, 0.25) is 0 Å². The van der Waals surface area contributed by atoms with Crippen molar-refractivity contribution >= 4 is 0 Å². The van der Waals surface area contributed by atoms with E-state index in [1.807, 2.05) is 0 Å². The van der Waals surface area contributed by atoms with Crippen molar-refractivity contribution in [2.75, 3.05) is 6.61 Å². The highest BCUT2D eigenvalue weighted by Gasteiger charge is 2.34. The maximum absolute atomic E-state index is 12.6. The molecular weight excluding hydrogens is 221 g/mol. The molecule has 6 heteroatoms. The second-order valence-electron chi connectivity index (χ2n) is 2.98. The predicted octanol–water partition coefficient (Wildman–Crippen LogP) is 2.07. The summed E-state index contributed by atoms with van der Waals surface area (Å²) in [4.78, 5) is 0. The van der Waals surface area contributed by atoms with Crippen LogP contribution in [0.4, 0.5) is 13.2 Å². The van der Waals surface area contributed by atoms with Gasteiger partial charge in [-0.1, -0.05) is 6.07 Å². The number of ether oxygens (including phenoxy) is 1. The molecule has 0 heterocycles. The van der Waals surface area contributed by atoms with Gasteiger partial charge in [0.2, 0.25) is 0 Å². The Morgan fingerprint density at radius 3 is 2.56 bits per heavy atom. The van der Waals surface area contributed by atoms with Gasteiger partial charge in [0.05, 0.1) is 5.56 Å². The highest BCUT2D eigenvalue weighted by atomic mass is 19.4. The second kappa shape index (κ2) is 4.86. The van der Waals surface area contributed by atoms with Gasteiger partial charge in [-0.05, 0) is 17.7 Å². The number of rotatable bonds is 3. The van der Waals surface area contributed by atoms with E-state index in [1.54, 1.807) is 6.07 Å². The van der Waals surface area contributed by atoms with Crippen LogP contribution >= 0.6 is 0 Å². The van der Waals surface area contributed by atoms with Crippen LogP contribution in [0.25, 0.3) is 0 Å². The molecule has 0 radical (unpaired) electrons. The van der Waals surface area contributed by atoms with Crippen LogP contribution in [0, 0.1) is 11.3 Å². The average Bonchev–Trinajstić information content (AvgIpc) is 2.25. The number of hydrogen-bond acceptors (Lipinski definition) is 3. The van der Waals surface area contributed by atoms with Gasteiger partial charge < -0.3 is 10.5 Å². The molecule has 3 nitrogen and oxygen atoms in total. The third-order valence-electron chi connectivity index (χ3n) is 1.88. The predicted molar refractivity (Wildman–Crippen MR) is 50.4 cm³/mol. The highest BCUT2D eigenvalue weighted by molar-refractivity contribution is 5.39. The quantitative estimate of drug-likeness (QED) is 0.864. The molecule has 16 heavy (non-hydrogen) atoms. The lowest BCUT2D eigenvalue weighted by molar-refractivity contribution is -0.138. The summed E-state index contributed by atoms with van der Waals surface area (Å²) in [5, 5.41) is 8.25. The van der Waals surface area contributed by atoms with E-state index < -0.39 is 18.3 Å². The molecule has 0 aromatic heterocycles. The molecule has 1 aromatic rings. The molecule has 86 valence electrons. The zero-order valence-electron chi connectivity index (χ0n) is 8.21. The molecule has 0 bridgehead atoms. The minimum atomic E-state index is -4.52.